The normalized spacial score (nSPS) is 12.5. The summed E-state index contributed by atoms with van der Waals surface area (Å²) < 4.78 is 5.49. The van der Waals surface area contributed by atoms with Crippen molar-refractivity contribution >= 4 is 11.9 Å². The summed E-state index contributed by atoms with van der Waals surface area (Å²) >= 11 is 0. The zero-order valence-electron chi connectivity index (χ0n) is 53.2. The number of carbonyl (C=O) groups is 2. The minimum absolute atomic E-state index is 0.0210. The van der Waals surface area contributed by atoms with Crippen LogP contribution in [0.5, 0.6) is 0 Å². The standard InChI is InChI=1S/C72H141NO5/c1-3-5-7-9-11-13-15-17-18-19-20-31-34-37-41-44-48-52-56-60-64-70(75)69(68-74)73-71(76)65-61-57-53-49-45-42-38-35-32-29-27-25-23-21-22-24-26-28-30-33-36-39-43-47-51-55-59-63-67-78-72(77)66-62-58-54-50-46-40-16-14-12-10-8-6-4-2/h60,64,69-70,74-75H,3-59,61-63,65-68H2,1-2H3,(H,73,76)/b64-60+. The van der Waals surface area contributed by atoms with E-state index in [1.165, 1.54) is 347 Å². The molecule has 0 aromatic heterocycles. The molecule has 3 N–H and O–H groups in total. The highest BCUT2D eigenvalue weighted by atomic mass is 16.5. The van der Waals surface area contributed by atoms with Crippen LogP contribution in [0.3, 0.4) is 0 Å². The number of hydrogen-bond donors (Lipinski definition) is 3. The highest BCUT2D eigenvalue weighted by molar-refractivity contribution is 5.76. The van der Waals surface area contributed by atoms with Gasteiger partial charge < -0.3 is 20.3 Å². The van der Waals surface area contributed by atoms with E-state index in [2.05, 4.69) is 19.2 Å². The van der Waals surface area contributed by atoms with Gasteiger partial charge in [-0.15, -0.1) is 0 Å². The summed E-state index contributed by atoms with van der Waals surface area (Å²) in [7, 11) is 0. The first-order chi connectivity index (χ1) is 38.5. The molecule has 0 heterocycles. The van der Waals surface area contributed by atoms with Crippen LogP contribution in [0.4, 0.5) is 0 Å². The van der Waals surface area contributed by atoms with Gasteiger partial charge in [0.05, 0.1) is 25.4 Å². The molecular weight excluding hydrogens is 959 g/mol. The second-order valence-electron chi connectivity index (χ2n) is 24.9. The topological polar surface area (TPSA) is 95.9 Å². The fraction of sp³-hybridized carbons (Fsp3) is 0.944. The molecule has 0 fully saturated rings. The molecule has 6 heteroatoms. The number of carbonyl (C=O) groups excluding carboxylic acids is 2. The van der Waals surface area contributed by atoms with Crippen LogP contribution in [-0.2, 0) is 14.3 Å². The van der Waals surface area contributed by atoms with E-state index in [1.807, 2.05) is 6.08 Å². The Balaban J connectivity index is 3.36. The Kier molecular flexibility index (Phi) is 66.9. The van der Waals surface area contributed by atoms with Gasteiger partial charge in [-0.1, -0.05) is 379 Å². The van der Waals surface area contributed by atoms with E-state index in [0.29, 0.717) is 19.4 Å². The molecule has 0 aromatic rings. The van der Waals surface area contributed by atoms with Gasteiger partial charge >= 0.3 is 5.97 Å². The third-order valence-corrected chi connectivity index (χ3v) is 17.1. The molecular formula is C72H141NO5. The summed E-state index contributed by atoms with van der Waals surface area (Å²) in [6.45, 7) is 4.95. The minimum Gasteiger partial charge on any atom is -0.466 e. The number of allylic oxidation sites excluding steroid dienone is 1. The number of aliphatic hydroxyl groups is 2. The first-order valence-corrected chi connectivity index (χ1v) is 36.0. The number of nitrogens with one attached hydrogen (secondary N) is 1. The summed E-state index contributed by atoms with van der Waals surface area (Å²) in [5, 5.41) is 23.2. The van der Waals surface area contributed by atoms with E-state index in [-0.39, 0.29) is 18.5 Å². The Hall–Kier alpha value is -1.40. The maximum atomic E-state index is 12.5. The van der Waals surface area contributed by atoms with Crippen molar-refractivity contribution in [1.29, 1.82) is 0 Å². The molecule has 0 rings (SSSR count). The van der Waals surface area contributed by atoms with Gasteiger partial charge in [0.25, 0.3) is 0 Å². The van der Waals surface area contributed by atoms with Crippen LogP contribution in [0.15, 0.2) is 12.2 Å². The number of esters is 1. The van der Waals surface area contributed by atoms with Crippen molar-refractivity contribution in [1.82, 2.24) is 5.32 Å². The van der Waals surface area contributed by atoms with Gasteiger partial charge in [-0.3, -0.25) is 9.59 Å². The molecule has 0 aliphatic rings. The number of aliphatic hydroxyl groups excluding tert-OH is 2. The fourth-order valence-corrected chi connectivity index (χ4v) is 11.6. The van der Waals surface area contributed by atoms with Crippen LogP contribution >= 0.6 is 0 Å². The smallest absolute Gasteiger partial charge is 0.305 e. The molecule has 0 aromatic carbocycles. The number of hydrogen-bond acceptors (Lipinski definition) is 5. The maximum absolute atomic E-state index is 12.5. The van der Waals surface area contributed by atoms with Crippen LogP contribution in [0, 0.1) is 0 Å². The number of ether oxygens (including phenoxy) is 1. The van der Waals surface area contributed by atoms with Crippen LogP contribution < -0.4 is 5.32 Å². The van der Waals surface area contributed by atoms with Crippen molar-refractivity contribution < 1.29 is 24.5 Å². The maximum Gasteiger partial charge on any atom is 0.305 e. The van der Waals surface area contributed by atoms with Crippen molar-refractivity contribution in [3.63, 3.8) is 0 Å². The molecule has 78 heavy (non-hydrogen) atoms. The Morgan fingerprint density at radius 2 is 0.590 bits per heavy atom. The fourth-order valence-electron chi connectivity index (χ4n) is 11.6. The average Bonchev–Trinajstić information content (AvgIpc) is 3.44. The van der Waals surface area contributed by atoms with Gasteiger partial charge in [-0.25, -0.2) is 0 Å². The zero-order chi connectivity index (χ0) is 56.4. The largest absolute Gasteiger partial charge is 0.466 e. The van der Waals surface area contributed by atoms with Crippen LogP contribution in [-0.4, -0.2) is 47.4 Å². The monoisotopic (exact) mass is 1100 g/mol. The summed E-state index contributed by atoms with van der Waals surface area (Å²) in [5.41, 5.74) is 0. The first kappa shape index (κ1) is 76.6. The summed E-state index contributed by atoms with van der Waals surface area (Å²) in [4.78, 5) is 24.6. The molecule has 6 nitrogen and oxygen atoms in total. The summed E-state index contributed by atoms with van der Waals surface area (Å²) in [6, 6.07) is -0.625. The van der Waals surface area contributed by atoms with Crippen molar-refractivity contribution in [2.24, 2.45) is 0 Å². The number of rotatable bonds is 68. The Morgan fingerprint density at radius 1 is 0.346 bits per heavy atom. The van der Waals surface area contributed by atoms with Gasteiger partial charge in [0, 0.05) is 12.8 Å². The molecule has 0 aliphatic carbocycles. The number of unbranched alkanes of at least 4 members (excludes halogenated alkanes) is 57. The van der Waals surface area contributed by atoms with E-state index in [1.54, 1.807) is 6.08 Å². The lowest BCUT2D eigenvalue weighted by Crippen LogP contribution is -2.45. The quantitative estimate of drug-likeness (QED) is 0.0320. The van der Waals surface area contributed by atoms with Crippen LogP contribution in [0.2, 0.25) is 0 Å². The third-order valence-electron chi connectivity index (χ3n) is 17.1. The minimum atomic E-state index is -0.842. The van der Waals surface area contributed by atoms with E-state index in [9.17, 15) is 19.8 Å². The van der Waals surface area contributed by atoms with Crippen LogP contribution in [0.25, 0.3) is 0 Å². The number of amides is 1. The van der Waals surface area contributed by atoms with E-state index < -0.39 is 12.1 Å². The van der Waals surface area contributed by atoms with Crippen LogP contribution in [0.1, 0.15) is 412 Å². The lowest BCUT2D eigenvalue weighted by atomic mass is 10.0. The molecule has 0 radical (unpaired) electrons. The molecule has 0 spiro atoms. The Labute approximate surface area is 489 Å². The van der Waals surface area contributed by atoms with Crippen molar-refractivity contribution in [2.75, 3.05) is 13.2 Å². The highest BCUT2D eigenvalue weighted by Gasteiger charge is 2.18. The van der Waals surface area contributed by atoms with Gasteiger partial charge in [0.2, 0.25) is 5.91 Å². The van der Waals surface area contributed by atoms with Gasteiger partial charge in [-0.2, -0.15) is 0 Å². The summed E-state index contributed by atoms with van der Waals surface area (Å²) in [6.07, 6.45) is 84.4. The Morgan fingerprint density at radius 3 is 0.872 bits per heavy atom. The predicted octanol–water partition coefficient (Wildman–Crippen LogP) is 23.1. The van der Waals surface area contributed by atoms with E-state index >= 15 is 0 Å². The molecule has 464 valence electrons. The van der Waals surface area contributed by atoms with Gasteiger partial charge in [-0.05, 0) is 32.1 Å². The molecule has 0 saturated heterocycles. The summed E-state index contributed by atoms with van der Waals surface area (Å²) in [5.74, 6) is -0.0393. The molecule has 2 atom stereocenters. The molecule has 0 aliphatic heterocycles. The first-order valence-electron chi connectivity index (χ1n) is 36.0. The zero-order valence-corrected chi connectivity index (χ0v) is 53.2. The molecule has 1 amide bonds. The second-order valence-corrected chi connectivity index (χ2v) is 24.9. The van der Waals surface area contributed by atoms with Crippen molar-refractivity contribution in [3.8, 4) is 0 Å². The van der Waals surface area contributed by atoms with E-state index in [4.69, 9.17) is 4.74 Å². The van der Waals surface area contributed by atoms with Crippen molar-refractivity contribution in [3.05, 3.63) is 12.2 Å². The lowest BCUT2D eigenvalue weighted by Gasteiger charge is -2.20. The van der Waals surface area contributed by atoms with E-state index in [0.717, 1.165) is 38.5 Å². The second kappa shape index (κ2) is 68.1. The van der Waals surface area contributed by atoms with Gasteiger partial charge in [0.1, 0.15) is 0 Å². The van der Waals surface area contributed by atoms with Gasteiger partial charge in [0.15, 0.2) is 0 Å². The average molecular weight is 1100 g/mol. The Bertz CT molecular complexity index is 1180. The predicted molar refractivity (Wildman–Crippen MR) is 343 cm³/mol. The molecule has 0 saturated carbocycles. The lowest BCUT2D eigenvalue weighted by molar-refractivity contribution is -0.143. The molecule has 2 unspecified atom stereocenters. The SMILES string of the molecule is CCCCCCCCCCCCCCCCCCCC/C=C/C(O)C(CO)NC(=O)CCCCCCCCCCCCCCCCCCCCCCCCCCCCCCOC(=O)CCCCCCCCCCCCCCC. The third kappa shape index (κ3) is 63.8. The molecule has 0 bridgehead atoms. The highest BCUT2D eigenvalue weighted by Crippen LogP contribution is 2.19. The van der Waals surface area contributed by atoms with Crippen molar-refractivity contribution in [2.45, 2.75) is 424 Å².